The molecule has 2 saturated heterocycles. The first-order valence-electron chi connectivity index (χ1n) is 13.5. The third-order valence-electron chi connectivity index (χ3n) is 7.66. The predicted octanol–water partition coefficient (Wildman–Crippen LogP) is 4.57. The summed E-state index contributed by atoms with van der Waals surface area (Å²) in [5.41, 5.74) is 3.23. The fourth-order valence-electron chi connectivity index (χ4n) is 5.63. The summed E-state index contributed by atoms with van der Waals surface area (Å²) in [5, 5.41) is 7.64. The van der Waals surface area contributed by atoms with Gasteiger partial charge in [-0.1, -0.05) is 18.2 Å². The van der Waals surface area contributed by atoms with Gasteiger partial charge in [-0.2, -0.15) is 0 Å². The number of pyridine rings is 1. The third-order valence-corrected chi connectivity index (χ3v) is 7.66. The van der Waals surface area contributed by atoms with Crippen LogP contribution in [0.5, 0.6) is 0 Å². The van der Waals surface area contributed by atoms with E-state index in [1.54, 1.807) is 18.3 Å². The van der Waals surface area contributed by atoms with Crippen LogP contribution in [-0.4, -0.2) is 57.8 Å². The molecule has 3 aromatic heterocycles. The average Bonchev–Trinajstić information content (AvgIpc) is 3.71. The van der Waals surface area contributed by atoms with Crippen molar-refractivity contribution in [1.29, 1.82) is 0 Å². The van der Waals surface area contributed by atoms with E-state index in [-0.39, 0.29) is 17.8 Å². The number of hydrogen-bond donors (Lipinski definition) is 1. The van der Waals surface area contributed by atoms with Crippen molar-refractivity contribution >= 4 is 23.2 Å². The minimum absolute atomic E-state index is 0.0695. The summed E-state index contributed by atoms with van der Waals surface area (Å²) in [6.45, 7) is 4.10. The number of amides is 1. The van der Waals surface area contributed by atoms with E-state index < -0.39 is 12.1 Å². The quantitative estimate of drug-likeness (QED) is 0.376. The normalized spacial score (nSPS) is 20.1. The number of carbonyl (C=O) groups excluding carboxylic acids is 1. The molecule has 202 valence electrons. The van der Waals surface area contributed by atoms with Crippen molar-refractivity contribution in [2.75, 3.05) is 36.0 Å². The zero-order valence-corrected chi connectivity index (χ0v) is 21.8. The van der Waals surface area contributed by atoms with Gasteiger partial charge in [0.25, 0.3) is 5.91 Å². The van der Waals surface area contributed by atoms with Gasteiger partial charge in [-0.3, -0.25) is 4.79 Å². The molecule has 0 radical (unpaired) electrons. The summed E-state index contributed by atoms with van der Waals surface area (Å²) in [7, 11) is 0. The van der Waals surface area contributed by atoms with Crippen LogP contribution < -0.4 is 15.1 Å². The summed E-state index contributed by atoms with van der Waals surface area (Å²) in [4.78, 5) is 25.5. The van der Waals surface area contributed by atoms with Crippen molar-refractivity contribution in [2.24, 2.45) is 5.92 Å². The predicted molar refractivity (Wildman–Crippen MR) is 146 cm³/mol. The van der Waals surface area contributed by atoms with Crippen molar-refractivity contribution in [3.8, 4) is 11.4 Å². The fourth-order valence-corrected chi connectivity index (χ4v) is 5.63. The number of hydrogen-bond acceptors (Lipinski definition) is 6. The van der Waals surface area contributed by atoms with E-state index in [2.05, 4.69) is 20.1 Å². The lowest BCUT2D eigenvalue weighted by atomic mass is 10.0. The first-order valence-corrected chi connectivity index (χ1v) is 13.5. The van der Waals surface area contributed by atoms with Crippen molar-refractivity contribution in [1.82, 2.24) is 24.9 Å². The highest BCUT2D eigenvalue weighted by atomic mass is 19.1. The van der Waals surface area contributed by atoms with Crippen LogP contribution in [0.15, 0.2) is 60.8 Å². The summed E-state index contributed by atoms with van der Waals surface area (Å²) in [6.07, 6.45) is 3.13. The van der Waals surface area contributed by atoms with Gasteiger partial charge in [-0.25, -0.2) is 23.3 Å². The SMILES string of the molecule is CC(F)C(=O)NCC1CCN(c2cccc(-c3cnc4ccc(N5CCCC5c5cccc(F)c5)nn34)n2)C1. The second-order valence-corrected chi connectivity index (χ2v) is 10.4. The second-order valence-electron chi connectivity index (χ2n) is 10.4. The van der Waals surface area contributed by atoms with Crippen molar-refractivity contribution in [3.63, 3.8) is 0 Å². The molecule has 0 spiro atoms. The Hall–Kier alpha value is -4.08. The van der Waals surface area contributed by atoms with Crippen LogP contribution in [-0.2, 0) is 4.79 Å². The van der Waals surface area contributed by atoms with E-state index in [9.17, 15) is 13.6 Å². The molecular weight excluding hydrogens is 500 g/mol. The van der Waals surface area contributed by atoms with Gasteiger partial charge in [-0.05, 0) is 74.1 Å². The number of nitrogens with zero attached hydrogens (tertiary/aromatic N) is 6. The number of aromatic nitrogens is 4. The zero-order valence-electron chi connectivity index (χ0n) is 21.8. The lowest BCUT2D eigenvalue weighted by molar-refractivity contribution is -0.125. The average molecular weight is 532 g/mol. The zero-order chi connectivity index (χ0) is 26.9. The molecule has 6 rings (SSSR count). The van der Waals surface area contributed by atoms with Crippen molar-refractivity contribution in [3.05, 3.63) is 72.2 Å². The number of benzene rings is 1. The lowest BCUT2D eigenvalue weighted by Gasteiger charge is -2.26. The Morgan fingerprint density at radius 1 is 1.10 bits per heavy atom. The van der Waals surface area contributed by atoms with E-state index in [0.29, 0.717) is 6.54 Å². The number of halogens is 2. The molecule has 2 aliphatic heterocycles. The Balaban J connectivity index is 1.23. The van der Waals surface area contributed by atoms with E-state index in [1.807, 2.05) is 40.9 Å². The van der Waals surface area contributed by atoms with Crippen molar-refractivity contribution < 1.29 is 13.6 Å². The minimum Gasteiger partial charge on any atom is -0.356 e. The molecule has 5 heterocycles. The first kappa shape index (κ1) is 25.2. The van der Waals surface area contributed by atoms with Crippen LogP contribution in [0, 0.1) is 11.7 Å². The Labute approximate surface area is 225 Å². The van der Waals surface area contributed by atoms with Gasteiger partial charge in [0.2, 0.25) is 0 Å². The fraction of sp³-hybridized carbons (Fsp3) is 0.379. The van der Waals surface area contributed by atoms with E-state index in [4.69, 9.17) is 10.1 Å². The number of anilines is 2. The molecule has 0 saturated carbocycles. The Bertz CT molecular complexity index is 1490. The molecular formula is C29H31F2N7O. The first-order chi connectivity index (χ1) is 19.0. The largest absolute Gasteiger partial charge is 0.356 e. The Kier molecular flexibility index (Phi) is 6.85. The van der Waals surface area contributed by atoms with Crippen LogP contribution in [0.2, 0.25) is 0 Å². The maximum absolute atomic E-state index is 13.9. The van der Waals surface area contributed by atoms with Crippen LogP contribution >= 0.6 is 0 Å². The van der Waals surface area contributed by atoms with E-state index >= 15 is 0 Å². The Morgan fingerprint density at radius 2 is 1.97 bits per heavy atom. The monoisotopic (exact) mass is 531 g/mol. The summed E-state index contributed by atoms with van der Waals surface area (Å²) < 4.78 is 28.9. The van der Waals surface area contributed by atoms with Crippen LogP contribution in [0.1, 0.15) is 37.8 Å². The molecule has 10 heteroatoms. The highest BCUT2D eigenvalue weighted by Gasteiger charge is 2.28. The van der Waals surface area contributed by atoms with Gasteiger partial charge in [0.05, 0.1) is 17.9 Å². The van der Waals surface area contributed by atoms with Gasteiger partial charge in [0, 0.05) is 26.2 Å². The number of rotatable bonds is 7. The topological polar surface area (TPSA) is 78.7 Å². The van der Waals surface area contributed by atoms with Gasteiger partial charge in [0.1, 0.15) is 23.1 Å². The van der Waals surface area contributed by atoms with Crippen LogP contribution in [0.4, 0.5) is 20.4 Å². The van der Waals surface area contributed by atoms with E-state index in [0.717, 1.165) is 73.1 Å². The highest BCUT2D eigenvalue weighted by molar-refractivity contribution is 5.80. The van der Waals surface area contributed by atoms with Crippen LogP contribution in [0.3, 0.4) is 0 Å². The molecule has 1 N–H and O–H groups in total. The maximum atomic E-state index is 13.9. The minimum atomic E-state index is -1.50. The van der Waals surface area contributed by atoms with E-state index in [1.165, 1.54) is 13.0 Å². The number of nitrogens with one attached hydrogen (secondary N) is 1. The van der Waals surface area contributed by atoms with Crippen molar-refractivity contribution in [2.45, 2.75) is 38.4 Å². The second kappa shape index (κ2) is 10.6. The molecule has 2 fully saturated rings. The number of fused-ring (bicyclic) bond motifs is 1. The third kappa shape index (κ3) is 5.15. The molecule has 39 heavy (non-hydrogen) atoms. The molecule has 2 aliphatic rings. The van der Waals surface area contributed by atoms with Gasteiger partial charge >= 0.3 is 0 Å². The standard InChI is InChI=1S/C29H31F2N7O/c1-19(30)29(39)33-16-20-12-14-36(18-20)27-9-3-7-23(34-27)25-17-32-26-10-11-28(35-38(25)26)37-13-4-8-24(37)21-5-2-6-22(31)15-21/h2-3,5-7,9-11,15,17,19-20,24H,4,8,12-14,16,18H2,1H3,(H,33,39). The number of alkyl halides is 1. The number of carbonyl (C=O) groups is 1. The summed E-state index contributed by atoms with van der Waals surface area (Å²) in [5.74, 6) is 1.11. The Morgan fingerprint density at radius 3 is 2.82 bits per heavy atom. The van der Waals surface area contributed by atoms with Gasteiger partial charge in [0.15, 0.2) is 11.8 Å². The molecule has 3 atom stereocenters. The molecule has 0 aliphatic carbocycles. The molecule has 4 aromatic rings. The van der Waals surface area contributed by atoms with Gasteiger partial charge in [-0.15, -0.1) is 5.10 Å². The lowest BCUT2D eigenvalue weighted by Crippen LogP contribution is -2.35. The molecule has 0 bridgehead atoms. The maximum Gasteiger partial charge on any atom is 0.254 e. The molecule has 8 nitrogen and oxygen atoms in total. The van der Waals surface area contributed by atoms with Gasteiger partial charge < -0.3 is 15.1 Å². The summed E-state index contributed by atoms with van der Waals surface area (Å²) >= 11 is 0. The molecule has 1 amide bonds. The molecule has 3 unspecified atom stereocenters. The number of imidazole rings is 1. The van der Waals surface area contributed by atoms with Crippen LogP contribution in [0.25, 0.3) is 17.0 Å². The highest BCUT2D eigenvalue weighted by Crippen LogP contribution is 2.36. The summed E-state index contributed by atoms with van der Waals surface area (Å²) in [6, 6.07) is 16.7. The molecule has 1 aromatic carbocycles. The smallest absolute Gasteiger partial charge is 0.254 e.